The summed E-state index contributed by atoms with van der Waals surface area (Å²) in [6, 6.07) is 16.7. The smallest absolute Gasteiger partial charge is 0.407 e. The van der Waals surface area contributed by atoms with E-state index in [9.17, 15) is 14.4 Å². The molecule has 0 aromatic heterocycles. The third kappa shape index (κ3) is 5.99. The number of hydrogen-bond donors (Lipinski definition) is 3. The SMILES string of the molecule is N#CCCCC(NC(=O)OCC1c2ccccc2-c2ccccc21)C(=O)NC(CC(=O)O)C1CC1. The number of amides is 2. The van der Waals surface area contributed by atoms with Crippen molar-refractivity contribution in [1.29, 1.82) is 5.26 Å². The highest BCUT2D eigenvalue weighted by atomic mass is 16.5. The van der Waals surface area contributed by atoms with Gasteiger partial charge in [-0.3, -0.25) is 9.59 Å². The average Bonchev–Trinajstić information content (AvgIpc) is 3.64. The summed E-state index contributed by atoms with van der Waals surface area (Å²) in [6.07, 6.45) is 1.79. The van der Waals surface area contributed by atoms with Gasteiger partial charge in [-0.25, -0.2) is 4.79 Å². The first kappa shape index (κ1) is 24.3. The fraction of sp³-hybridized carbons (Fsp3) is 0.407. The Labute approximate surface area is 204 Å². The number of carboxylic acids is 1. The summed E-state index contributed by atoms with van der Waals surface area (Å²) in [5, 5.41) is 23.5. The number of nitrogens with zero attached hydrogens (tertiary/aromatic N) is 1. The van der Waals surface area contributed by atoms with Crippen molar-refractivity contribution in [3.05, 3.63) is 59.7 Å². The average molecular weight is 476 g/mol. The molecule has 0 spiro atoms. The van der Waals surface area contributed by atoms with Gasteiger partial charge in [0.25, 0.3) is 0 Å². The molecular weight excluding hydrogens is 446 g/mol. The van der Waals surface area contributed by atoms with Crippen molar-refractivity contribution >= 4 is 18.0 Å². The Morgan fingerprint density at radius 3 is 2.23 bits per heavy atom. The number of ether oxygens (including phenoxy) is 1. The van der Waals surface area contributed by atoms with Gasteiger partial charge in [-0.1, -0.05) is 48.5 Å². The predicted octanol–water partition coefficient (Wildman–Crippen LogP) is 3.96. The van der Waals surface area contributed by atoms with Crippen molar-refractivity contribution in [3.63, 3.8) is 0 Å². The zero-order valence-electron chi connectivity index (χ0n) is 19.4. The number of carbonyl (C=O) groups excluding carboxylic acids is 2. The number of rotatable bonds is 11. The van der Waals surface area contributed by atoms with E-state index in [1.165, 1.54) is 0 Å². The zero-order valence-corrected chi connectivity index (χ0v) is 19.4. The lowest BCUT2D eigenvalue weighted by molar-refractivity contribution is -0.138. The highest BCUT2D eigenvalue weighted by Crippen LogP contribution is 2.44. The fourth-order valence-corrected chi connectivity index (χ4v) is 4.74. The zero-order chi connectivity index (χ0) is 24.8. The fourth-order valence-electron chi connectivity index (χ4n) is 4.74. The number of alkyl carbamates (subject to hydrolysis) is 1. The number of aliphatic carboxylic acids is 1. The lowest BCUT2D eigenvalue weighted by atomic mass is 9.98. The van der Waals surface area contributed by atoms with Gasteiger partial charge < -0.3 is 20.5 Å². The maximum Gasteiger partial charge on any atom is 0.407 e. The van der Waals surface area contributed by atoms with Crippen molar-refractivity contribution in [2.24, 2.45) is 5.92 Å². The van der Waals surface area contributed by atoms with E-state index in [2.05, 4.69) is 22.8 Å². The van der Waals surface area contributed by atoms with Gasteiger partial charge in [-0.15, -0.1) is 0 Å². The van der Waals surface area contributed by atoms with Gasteiger partial charge in [-0.2, -0.15) is 5.26 Å². The minimum Gasteiger partial charge on any atom is -0.481 e. The van der Waals surface area contributed by atoms with Crippen LogP contribution in [0.2, 0.25) is 0 Å². The molecule has 3 N–H and O–H groups in total. The molecule has 4 rings (SSSR count). The number of carbonyl (C=O) groups is 3. The second-order valence-electron chi connectivity index (χ2n) is 9.12. The number of benzene rings is 2. The predicted molar refractivity (Wildman–Crippen MR) is 128 cm³/mol. The molecular formula is C27H29N3O5. The van der Waals surface area contributed by atoms with Crippen LogP contribution in [0.3, 0.4) is 0 Å². The number of unbranched alkanes of at least 4 members (excludes halogenated alkanes) is 1. The Balaban J connectivity index is 1.39. The first-order valence-electron chi connectivity index (χ1n) is 12.0. The van der Waals surface area contributed by atoms with Crippen molar-refractivity contribution in [3.8, 4) is 17.2 Å². The summed E-state index contributed by atoms with van der Waals surface area (Å²) in [6.45, 7) is 0.121. The van der Waals surface area contributed by atoms with E-state index >= 15 is 0 Å². The van der Waals surface area contributed by atoms with Crippen molar-refractivity contribution in [2.45, 2.75) is 56.5 Å². The summed E-state index contributed by atoms with van der Waals surface area (Å²) in [7, 11) is 0. The minimum atomic E-state index is -0.979. The molecule has 1 fully saturated rings. The highest BCUT2D eigenvalue weighted by Gasteiger charge is 2.35. The first-order valence-corrected chi connectivity index (χ1v) is 12.0. The molecule has 0 aliphatic heterocycles. The molecule has 0 saturated heterocycles. The van der Waals surface area contributed by atoms with E-state index in [0.717, 1.165) is 35.1 Å². The maximum absolute atomic E-state index is 12.9. The van der Waals surface area contributed by atoms with Crippen LogP contribution in [0.1, 0.15) is 55.6 Å². The third-order valence-electron chi connectivity index (χ3n) is 6.65. The molecule has 2 amide bonds. The Morgan fingerprint density at radius 2 is 1.66 bits per heavy atom. The van der Waals surface area contributed by atoms with Crippen LogP contribution in [0.25, 0.3) is 11.1 Å². The maximum atomic E-state index is 12.9. The molecule has 35 heavy (non-hydrogen) atoms. The normalized spacial score (nSPS) is 15.7. The van der Waals surface area contributed by atoms with Gasteiger partial charge >= 0.3 is 12.1 Å². The summed E-state index contributed by atoms with van der Waals surface area (Å²) in [5.41, 5.74) is 4.42. The third-order valence-corrected chi connectivity index (χ3v) is 6.65. The van der Waals surface area contributed by atoms with E-state index in [0.29, 0.717) is 6.42 Å². The number of hydrogen-bond acceptors (Lipinski definition) is 5. The number of nitrogens with one attached hydrogen (secondary N) is 2. The monoisotopic (exact) mass is 475 g/mol. The minimum absolute atomic E-state index is 0.103. The number of carboxylic acid groups (broad SMARTS) is 1. The lowest BCUT2D eigenvalue weighted by Gasteiger charge is -2.23. The van der Waals surface area contributed by atoms with Crippen molar-refractivity contribution < 1.29 is 24.2 Å². The van der Waals surface area contributed by atoms with Crippen molar-refractivity contribution in [1.82, 2.24) is 10.6 Å². The summed E-state index contributed by atoms with van der Waals surface area (Å²) in [4.78, 5) is 36.8. The molecule has 8 nitrogen and oxygen atoms in total. The Kier molecular flexibility index (Phi) is 7.66. The van der Waals surface area contributed by atoms with Gasteiger partial charge in [0.2, 0.25) is 5.91 Å². The van der Waals surface area contributed by atoms with Crippen LogP contribution in [-0.4, -0.2) is 41.8 Å². The van der Waals surface area contributed by atoms with Crippen LogP contribution in [0, 0.1) is 17.2 Å². The molecule has 182 valence electrons. The van der Waals surface area contributed by atoms with Gasteiger partial charge in [0.15, 0.2) is 0 Å². The molecule has 2 atom stereocenters. The van der Waals surface area contributed by atoms with E-state index in [4.69, 9.17) is 15.1 Å². The standard InChI is InChI=1S/C27H29N3O5/c28-14-6-5-11-23(26(33)29-24(15-25(31)32)17-12-13-17)30-27(34)35-16-22-20-9-3-1-7-18(20)19-8-2-4-10-21(19)22/h1-4,7-10,17,22-24H,5-6,11-13,15-16H2,(H,29,33)(H,30,34)(H,31,32). The van der Waals surface area contributed by atoms with Gasteiger partial charge in [0.05, 0.1) is 12.5 Å². The molecule has 2 aliphatic carbocycles. The van der Waals surface area contributed by atoms with Gasteiger partial charge in [0.1, 0.15) is 12.6 Å². The Bertz CT molecular complexity index is 1090. The van der Waals surface area contributed by atoms with Gasteiger partial charge in [0, 0.05) is 18.4 Å². The summed E-state index contributed by atoms with van der Waals surface area (Å²) in [5.74, 6) is -1.39. The van der Waals surface area contributed by atoms with Crippen LogP contribution < -0.4 is 10.6 Å². The molecule has 0 radical (unpaired) electrons. The second-order valence-corrected chi connectivity index (χ2v) is 9.12. The van der Waals surface area contributed by atoms with E-state index in [-0.39, 0.29) is 37.7 Å². The molecule has 2 aromatic rings. The van der Waals surface area contributed by atoms with E-state index in [1.54, 1.807) is 0 Å². The lowest BCUT2D eigenvalue weighted by Crippen LogP contribution is -2.50. The summed E-state index contributed by atoms with van der Waals surface area (Å²) < 4.78 is 5.57. The Morgan fingerprint density at radius 1 is 1.03 bits per heavy atom. The van der Waals surface area contributed by atoms with Crippen LogP contribution in [-0.2, 0) is 14.3 Å². The number of nitriles is 1. The van der Waals surface area contributed by atoms with E-state index in [1.807, 2.05) is 42.5 Å². The molecule has 0 bridgehead atoms. The van der Waals surface area contributed by atoms with Crippen LogP contribution in [0.15, 0.2) is 48.5 Å². The molecule has 8 heteroatoms. The largest absolute Gasteiger partial charge is 0.481 e. The van der Waals surface area contributed by atoms with Crippen LogP contribution in [0.4, 0.5) is 4.79 Å². The topological polar surface area (TPSA) is 129 Å². The quantitative estimate of drug-likeness (QED) is 0.422. The molecule has 0 heterocycles. The molecule has 2 aromatic carbocycles. The molecule has 2 unspecified atom stereocenters. The van der Waals surface area contributed by atoms with Crippen LogP contribution in [0.5, 0.6) is 0 Å². The van der Waals surface area contributed by atoms with Gasteiger partial charge in [-0.05, 0) is 53.9 Å². The molecule has 2 aliphatic rings. The Hall–Kier alpha value is -3.86. The molecule has 1 saturated carbocycles. The highest BCUT2D eigenvalue weighted by molar-refractivity contribution is 5.86. The van der Waals surface area contributed by atoms with E-state index < -0.39 is 30.1 Å². The summed E-state index contributed by atoms with van der Waals surface area (Å²) >= 11 is 0. The first-order chi connectivity index (χ1) is 17.0. The second kappa shape index (κ2) is 11.0. The van der Waals surface area contributed by atoms with Crippen molar-refractivity contribution in [2.75, 3.05) is 6.61 Å². The van der Waals surface area contributed by atoms with Crippen LogP contribution >= 0.6 is 0 Å². The number of fused-ring (bicyclic) bond motifs is 3.